The Balaban J connectivity index is 1.60. The molecule has 3 rings (SSSR count). The first-order chi connectivity index (χ1) is 6.86. The van der Waals surface area contributed by atoms with Gasteiger partial charge in [-0.05, 0) is 25.2 Å². The Morgan fingerprint density at radius 1 is 1.50 bits per heavy atom. The lowest BCUT2D eigenvalue weighted by molar-refractivity contribution is 0.774. The highest BCUT2D eigenvalue weighted by atomic mass is 32.1. The minimum atomic E-state index is 0.681. The van der Waals surface area contributed by atoms with E-state index in [0.717, 1.165) is 16.9 Å². The first-order valence-electron chi connectivity index (χ1n) is 5.47. The van der Waals surface area contributed by atoms with Crippen LogP contribution in [0.15, 0.2) is 0 Å². The van der Waals surface area contributed by atoms with Gasteiger partial charge in [0.1, 0.15) is 5.82 Å². The fraction of sp³-hybridized carbons (Fsp3) is 0.800. The van der Waals surface area contributed by atoms with Gasteiger partial charge >= 0.3 is 0 Å². The predicted octanol–water partition coefficient (Wildman–Crippen LogP) is 2.63. The lowest BCUT2D eigenvalue weighted by Crippen LogP contribution is -2.03. The highest BCUT2D eigenvalue weighted by Gasteiger charge is 2.36. The number of nitrogens with one attached hydrogen (secondary N) is 1. The van der Waals surface area contributed by atoms with E-state index in [1.165, 1.54) is 37.2 Å². The quantitative estimate of drug-likeness (QED) is 0.828. The number of hydrogen-bond acceptors (Lipinski definition) is 4. The van der Waals surface area contributed by atoms with Gasteiger partial charge in [-0.15, -0.1) is 0 Å². The van der Waals surface area contributed by atoms with E-state index in [-0.39, 0.29) is 0 Å². The van der Waals surface area contributed by atoms with Crippen LogP contribution in [0.4, 0.5) is 5.13 Å². The molecule has 4 heteroatoms. The fourth-order valence-corrected chi connectivity index (χ4v) is 2.54. The summed E-state index contributed by atoms with van der Waals surface area (Å²) in [6.07, 6.45) is 5.18. The summed E-state index contributed by atoms with van der Waals surface area (Å²) in [7, 11) is 0. The minimum Gasteiger partial charge on any atom is -0.357 e. The summed E-state index contributed by atoms with van der Waals surface area (Å²) in [6, 6.07) is 0.681. The molecule has 0 aliphatic heterocycles. The Kier molecular flexibility index (Phi) is 1.97. The van der Waals surface area contributed by atoms with Gasteiger partial charge < -0.3 is 5.32 Å². The van der Waals surface area contributed by atoms with E-state index >= 15 is 0 Å². The minimum absolute atomic E-state index is 0.681. The Morgan fingerprint density at radius 3 is 3.00 bits per heavy atom. The highest BCUT2D eigenvalue weighted by Crippen LogP contribution is 2.40. The molecule has 3 nitrogen and oxygen atoms in total. The Labute approximate surface area is 88.1 Å². The van der Waals surface area contributed by atoms with Gasteiger partial charge in [0.2, 0.25) is 5.13 Å². The van der Waals surface area contributed by atoms with Crippen LogP contribution in [0.3, 0.4) is 0 Å². The van der Waals surface area contributed by atoms with E-state index in [0.29, 0.717) is 12.0 Å². The van der Waals surface area contributed by atoms with Gasteiger partial charge in [-0.1, -0.05) is 13.3 Å². The van der Waals surface area contributed by atoms with E-state index in [4.69, 9.17) is 0 Å². The SMILES string of the molecule is CCC1CC1Nc1nc(C2CC2)ns1. The van der Waals surface area contributed by atoms with Gasteiger partial charge in [0, 0.05) is 23.5 Å². The smallest absolute Gasteiger partial charge is 0.202 e. The molecule has 2 fully saturated rings. The van der Waals surface area contributed by atoms with Crippen molar-refractivity contribution in [2.75, 3.05) is 5.32 Å². The second-order valence-electron chi connectivity index (χ2n) is 4.39. The molecule has 0 bridgehead atoms. The Bertz CT molecular complexity index is 332. The lowest BCUT2D eigenvalue weighted by Gasteiger charge is -1.97. The molecule has 0 aromatic carbocycles. The third-order valence-corrected chi connectivity index (χ3v) is 3.80. The summed E-state index contributed by atoms with van der Waals surface area (Å²) in [5.41, 5.74) is 0. The van der Waals surface area contributed by atoms with Gasteiger partial charge in [-0.3, -0.25) is 0 Å². The maximum atomic E-state index is 4.52. The second-order valence-corrected chi connectivity index (χ2v) is 5.14. The molecule has 0 spiro atoms. The maximum Gasteiger partial charge on any atom is 0.202 e. The van der Waals surface area contributed by atoms with Crippen LogP contribution < -0.4 is 5.32 Å². The number of nitrogens with zero attached hydrogens (tertiary/aromatic N) is 2. The zero-order chi connectivity index (χ0) is 9.54. The molecule has 0 saturated heterocycles. The average Bonchev–Trinajstić information content (AvgIpc) is 3.07. The number of hydrogen-bond donors (Lipinski definition) is 1. The molecule has 1 N–H and O–H groups in total. The number of aromatic nitrogens is 2. The van der Waals surface area contributed by atoms with Crippen molar-refractivity contribution in [2.24, 2.45) is 5.92 Å². The van der Waals surface area contributed by atoms with Gasteiger partial charge in [-0.2, -0.15) is 4.37 Å². The maximum absolute atomic E-state index is 4.52. The molecule has 2 aliphatic carbocycles. The number of rotatable bonds is 4. The summed E-state index contributed by atoms with van der Waals surface area (Å²) in [5.74, 6) is 2.64. The standard InChI is InChI=1S/C10H15N3S/c1-2-6-5-8(6)11-10-12-9(13-14-10)7-3-4-7/h6-8H,2-5H2,1H3,(H,11,12,13). The van der Waals surface area contributed by atoms with Crippen molar-refractivity contribution in [2.45, 2.75) is 44.6 Å². The first-order valence-corrected chi connectivity index (χ1v) is 6.24. The molecule has 1 heterocycles. The predicted molar refractivity (Wildman–Crippen MR) is 57.7 cm³/mol. The third kappa shape index (κ3) is 1.63. The van der Waals surface area contributed by atoms with E-state index in [1.54, 1.807) is 0 Å². The zero-order valence-corrected chi connectivity index (χ0v) is 9.18. The van der Waals surface area contributed by atoms with Crippen molar-refractivity contribution in [3.05, 3.63) is 5.82 Å². The molecule has 1 aromatic heterocycles. The van der Waals surface area contributed by atoms with E-state index in [1.807, 2.05) is 0 Å². The van der Waals surface area contributed by atoms with Crippen molar-refractivity contribution in [3.63, 3.8) is 0 Å². The van der Waals surface area contributed by atoms with Crippen LogP contribution in [0.1, 0.15) is 44.3 Å². The molecule has 1 aromatic rings. The van der Waals surface area contributed by atoms with Gasteiger partial charge in [-0.25, -0.2) is 4.98 Å². The molecular weight excluding hydrogens is 194 g/mol. The van der Waals surface area contributed by atoms with E-state index in [2.05, 4.69) is 21.6 Å². The molecule has 0 radical (unpaired) electrons. The van der Waals surface area contributed by atoms with Crippen LogP contribution >= 0.6 is 11.5 Å². The molecule has 2 saturated carbocycles. The van der Waals surface area contributed by atoms with Crippen LogP contribution in [0.25, 0.3) is 0 Å². The molecule has 2 aliphatic rings. The van der Waals surface area contributed by atoms with Gasteiger partial charge in [0.05, 0.1) is 0 Å². The van der Waals surface area contributed by atoms with Crippen molar-refractivity contribution >= 4 is 16.7 Å². The monoisotopic (exact) mass is 209 g/mol. The van der Waals surface area contributed by atoms with Crippen LogP contribution in [0, 0.1) is 5.92 Å². The normalized spacial score (nSPS) is 30.4. The van der Waals surface area contributed by atoms with Crippen molar-refractivity contribution in [3.8, 4) is 0 Å². The van der Waals surface area contributed by atoms with Crippen LogP contribution in [0.2, 0.25) is 0 Å². The van der Waals surface area contributed by atoms with E-state index in [9.17, 15) is 0 Å². The summed E-state index contributed by atoms with van der Waals surface area (Å²) >= 11 is 1.53. The van der Waals surface area contributed by atoms with Crippen molar-refractivity contribution in [1.82, 2.24) is 9.36 Å². The summed E-state index contributed by atoms with van der Waals surface area (Å²) in [5, 5.41) is 4.50. The highest BCUT2D eigenvalue weighted by molar-refractivity contribution is 7.09. The largest absolute Gasteiger partial charge is 0.357 e. The molecule has 0 amide bonds. The van der Waals surface area contributed by atoms with Crippen LogP contribution in [-0.2, 0) is 0 Å². The average molecular weight is 209 g/mol. The fourth-order valence-electron chi connectivity index (χ4n) is 1.84. The third-order valence-electron chi connectivity index (χ3n) is 3.14. The summed E-state index contributed by atoms with van der Waals surface area (Å²) < 4.78 is 4.38. The zero-order valence-electron chi connectivity index (χ0n) is 8.36. The molecule has 2 unspecified atom stereocenters. The molecular formula is C10H15N3S. The Hall–Kier alpha value is -0.640. The molecule has 14 heavy (non-hydrogen) atoms. The topological polar surface area (TPSA) is 37.8 Å². The summed E-state index contributed by atoms with van der Waals surface area (Å²) in [6.45, 7) is 2.25. The number of anilines is 1. The molecule has 76 valence electrons. The van der Waals surface area contributed by atoms with Gasteiger partial charge in [0.25, 0.3) is 0 Å². The molecule has 2 atom stereocenters. The van der Waals surface area contributed by atoms with Crippen molar-refractivity contribution < 1.29 is 0 Å². The lowest BCUT2D eigenvalue weighted by atomic mass is 10.3. The van der Waals surface area contributed by atoms with Gasteiger partial charge in [0.15, 0.2) is 0 Å². The van der Waals surface area contributed by atoms with Crippen LogP contribution in [0.5, 0.6) is 0 Å². The Morgan fingerprint density at radius 2 is 2.36 bits per heavy atom. The first kappa shape index (κ1) is 8.65. The van der Waals surface area contributed by atoms with Crippen molar-refractivity contribution in [1.29, 1.82) is 0 Å². The summed E-state index contributed by atoms with van der Waals surface area (Å²) in [4.78, 5) is 4.52. The van der Waals surface area contributed by atoms with E-state index < -0.39 is 0 Å². The van der Waals surface area contributed by atoms with Crippen LogP contribution in [-0.4, -0.2) is 15.4 Å². The second kappa shape index (κ2) is 3.19.